The van der Waals surface area contributed by atoms with Gasteiger partial charge in [0.15, 0.2) is 0 Å². The minimum Gasteiger partial charge on any atom is -0.496 e. The van der Waals surface area contributed by atoms with Crippen LogP contribution in [0.25, 0.3) is 11.3 Å². The number of benzene rings is 1. The summed E-state index contributed by atoms with van der Waals surface area (Å²) in [4.78, 5) is 6.24. The minimum atomic E-state index is 0.579. The molecule has 2 aromatic rings. The SMILES string of the molecule is COc1ccc(-c2nc(C3CCCNC3)sc2C)cc1C. The number of piperidine rings is 1. The van der Waals surface area contributed by atoms with Crippen molar-refractivity contribution in [2.75, 3.05) is 20.2 Å². The number of hydrogen-bond acceptors (Lipinski definition) is 4. The second kappa shape index (κ2) is 6.16. The average Bonchev–Trinajstić information content (AvgIpc) is 2.90. The average molecular weight is 302 g/mol. The maximum atomic E-state index is 5.34. The number of hydrogen-bond donors (Lipinski definition) is 1. The summed E-state index contributed by atoms with van der Waals surface area (Å²) in [5, 5.41) is 4.76. The lowest BCUT2D eigenvalue weighted by atomic mass is 10.0. The Morgan fingerprint density at radius 1 is 1.33 bits per heavy atom. The predicted octanol–water partition coefficient (Wildman–Crippen LogP) is 3.90. The van der Waals surface area contributed by atoms with Crippen molar-refractivity contribution >= 4 is 11.3 Å². The number of aryl methyl sites for hydroxylation is 2. The first-order valence-electron chi connectivity index (χ1n) is 7.52. The van der Waals surface area contributed by atoms with Crippen LogP contribution in [0.15, 0.2) is 18.2 Å². The number of rotatable bonds is 3. The van der Waals surface area contributed by atoms with Gasteiger partial charge in [0.2, 0.25) is 0 Å². The first-order chi connectivity index (χ1) is 10.2. The van der Waals surface area contributed by atoms with E-state index in [1.54, 1.807) is 7.11 Å². The molecule has 0 aliphatic carbocycles. The molecule has 1 unspecified atom stereocenters. The van der Waals surface area contributed by atoms with E-state index in [2.05, 4.69) is 31.3 Å². The molecule has 1 aliphatic rings. The summed E-state index contributed by atoms with van der Waals surface area (Å²) in [6.45, 7) is 6.46. The van der Waals surface area contributed by atoms with Crippen molar-refractivity contribution in [2.24, 2.45) is 0 Å². The van der Waals surface area contributed by atoms with Crippen LogP contribution in [0.5, 0.6) is 5.75 Å². The highest BCUT2D eigenvalue weighted by atomic mass is 32.1. The van der Waals surface area contributed by atoms with Gasteiger partial charge in [0.1, 0.15) is 5.75 Å². The van der Waals surface area contributed by atoms with Gasteiger partial charge < -0.3 is 10.1 Å². The fraction of sp³-hybridized carbons (Fsp3) is 0.471. The molecule has 0 amide bonds. The summed E-state index contributed by atoms with van der Waals surface area (Å²) in [6.07, 6.45) is 2.50. The third-order valence-electron chi connectivity index (χ3n) is 4.13. The molecule has 3 nitrogen and oxygen atoms in total. The normalized spacial score (nSPS) is 18.7. The summed E-state index contributed by atoms with van der Waals surface area (Å²) in [6, 6.07) is 6.31. The van der Waals surface area contributed by atoms with E-state index < -0.39 is 0 Å². The van der Waals surface area contributed by atoms with E-state index in [1.807, 2.05) is 17.4 Å². The molecule has 1 aromatic carbocycles. The first-order valence-corrected chi connectivity index (χ1v) is 8.33. The molecule has 1 N–H and O–H groups in total. The number of nitrogens with one attached hydrogen (secondary N) is 1. The molecule has 1 saturated heterocycles. The van der Waals surface area contributed by atoms with Crippen molar-refractivity contribution in [3.63, 3.8) is 0 Å². The summed E-state index contributed by atoms with van der Waals surface area (Å²) >= 11 is 1.85. The van der Waals surface area contributed by atoms with Crippen molar-refractivity contribution in [1.29, 1.82) is 0 Å². The number of ether oxygens (including phenoxy) is 1. The number of aromatic nitrogens is 1. The smallest absolute Gasteiger partial charge is 0.121 e. The van der Waals surface area contributed by atoms with E-state index in [0.29, 0.717) is 5.92 Å². The van der Waals surface area contributed by atoms with Crippen LogP contribution in [0, 0.1) is 13.8 Å². The summed E-state index contributed by atoms with van der Waals surface area (Å²) in [5.74, 6) is 1.51. The molecular weight excluding hydrogens is 280 g/mol. The standard InChI is InChI=1S/C17H22N2OS/c1-11-9-13(6-7-15(11)20-3)16-12(2)21-17(19-16)14-5-4-8-18-10-14/h6-7,9,14,18H,4-5,8,10H2,1-3H3. The molecule has 21 heavy (non-hydrogen) atoms. The van der Waals surface area contributed by atoms with Gasteiger partial charge in [0.25, 0.3) is 0 Å². The molecule has 0 spiro atoms. The van der Waals surface area contributed by atoms with Crippen molar-refractivity contribution < 1.29 is 4.74 Å². The molecular formula is C17H22N2OS. The lowest BCUT2D eigenvalue weighted by molar-refractivity contribution is 0.412. The summed E-state index contributed by atoms with van der Waals surface area (Å²) in [5.41, 5.74) is 3.48. The molecule has 0 saturated carbocycles. The van der Waals surface area contributed by atoms with E-state index in [-0.39, 0.29) is 0 Å². The molecule has 4 heteroatoms. The topological polar surface area (TPSA) is 34.1 Å². The zero-order valence-corrected chi connectivity index (χ0v) is 13.7. The van der Waals surface area contributed by atoms with Crippen molar-refractivity contribution in [3.05, 3.63) is 33.6 Å². The van der Waals surface area contributed by atoms with Gasteiger partial charge in [-0.25, -0.2) is 4.98 Å². The van der Waals surface area contributed by atoms with Gasteiger partial charge in [-0.15, -0.1) is 11.3 Å². The Hall–Kier alpha value is -1.39. The number of thiazole rings is 1. The fourth-order valence-electron chi connectivity index (χ4n) is 2.95. The second-order valence-corrected chi connectivity index (χ2v) is 6.92. The summed E-state index contributed by atoms with van der Waals surface area (Å²) < 4.78 is 5.34. The minimum absolute atomic E-state index is 0.579. The third kappa shape index (κ3) is 2.97. The molecule has 0 bridgehead atoms. The van der Waals surface area contributed by atoms with E-state index in [9.17, 15) is 0 Å². The van der Waals surface area contributed by atoms with Crippen molar-refractivity contribution in [2.45, 2.75) is 32.6 Å². The highest BCUT2D eigenvalue weighted by Gasteiger charge is 2.20. The van der Waals surface area contributed by atoms with Gasteiger partial charge in [-0.05, 0) is 57.0 Å². The van der Waals surface area contributed by atoms with Crippen LogP contribution in [0.3, 0.4) is 0 Å². The van der Waals surface area contributed by atoms with Crippen LogP contribution in [-0.4, -0.2) is 25.2 Å². The van der Waals surface area contributed by atoms with Crippen LogP contribution in [0.2, 0.25) is 0 Å². The molecule has 3 rings (SSSR count). The fourth-order valence-corrected chi connectivity index (χ4v) is 4.03. The highest BCUT2D eigenvalue weighted by molar-refractivity contribution is 7.12. The Morgan fingerprint density at radius 2 is 2.19 bits per heavy atom. The van der Waals surface area contributed by atoms with E-state index in [0.717, 1.165) is 30.1 Å². The quantitative estimate of drug-likeness (QED) is 0.933. The summed E-state index contributed by atoms with van der Waals surface area (Å²) in [7, 11) is 1.71. The Bertz CT molecular complexity index is 630. The van der Waals surface area contributed by atoms with Crippen LogP contribution < -0.4 is 10.1 Å². The van der Waals surface area contributed by atoms with Crippen LogP contribution in [-0.2, 0) is 0 Å². The van der Waals surface area contributed by atoms with Gasteiger partial charge >= 0.3 is 0 Å². The van der Waals surface area contributed by atoms with E-state index in [1.165, 1.54) is 28.3 Å². The Morgan fingerprint density at radius 3 is 2.86 bits per heavy atom. The largest absolute Gasteiger partial charge is 0.496 e. The van der Waals surface area contributed by atoms with Crippen LogP contribution >= 0.6 is 11.3 Å². The van der Waals surface area contributed by atoms with Gasteiger partial charge in [0, 0.05) is 22.9 Å². The zero-order valence-electron chi connectivity index (χ0n) is 12.9. The molecule has 1 aromatic heterocycles. The highest BCUT2D eigenvalue weighted by Crippen LogP contribution is 2.35. The second-order valence-electron chi connectivity index (χ2n) is 5.68. The predicted molar refractivity (Wildman–Crippen MR) is 88.4 cm³/mol. The van der Waals surface area contributed by atoms with Gasteiger partial charge in [0.05, 0.1) is 17.8 Å². The van der Waals surface area contributed by atoms with Crippen molar-refractivity contribution in [1.82, 2.24) is 10.3 Å². The Kier molecular flexibility index (Phi) is 4.27. The lowest BCUT2D eigenvalue weighted by Crippen LogP contribution is -2.28. The molecule has 1 aliphatic heterocycles. The lowest BCUT2D eigenvalue weighted by Gasteiger charge is -2.20. The van der Waals surface area contributed by atoms with E-state index >= 15 is 0 Å². The van der Waals surface area contributed by atoms with Gasteiger partial charge in [-0.1, -0.05) is 0 Å². The van der Waals surface area contributed by atoms with Gasteiger partial charge in [-0.3, -0.25) is 0 Å². The molecule has 0 radical (unpaired) electrons. The zero-order chi connectivity index (χ0) is 14.8. The Labute approximate surface area is 130 Å². The van der Waals surface area contributed by atoms with Crippen molar-refractivity contribution in [3.8, 4) is 17.0 Å². The number of nitrogens with zero attached hydrogens (tertiary/aromatic N) is 1. The molecule has 1 fully saturated rings. The van der Waals surface area contributed by atoms with Gasteiger partial charge in [-0.2, -0.15) is 0 Å². The van der Waals surface area contributed by atoms with Crippen LogP contribution in [0.4, 0.5) is 0 Å². The third-order valence-corrected chi connectivity index (χ3v) is 5.26. The number of methoxy groups -OCH3 is 1. The molecule has 112 valence electrons. The monoisotopic (exact) mass is 302 g/mol. The first kappa shape index (κ1) is 14.5. The van der Waals surface area contributed by atoms with Crippen LogP contribution in [0.1, 0.15) is 34.2 Å². The Balaban J connectivity index is 1.91. The maximum Gasteiger partial charge on any atom is 0.121 e. The van der Waals surface area contributed by atoms with E-state index in [4.69, 9.17) is 9.72 Å². The maximum absolute atomic E-state index is 5.34. The molecule has 1 atom stereocenters. The molecule has 2 heterocycles.